The fourth-order valence-electron chi connectivity index (χ4n) is 6.88. The molecule has 7 rings (SSSR count). The maximum atomic E-state index is 14.7. The van der Waals surface area contributed by atoms with Gasteiger partial charge in [0.2, 0.25) is 5.91 Å². The Morgan fingerprint density at radius 2 is 1.50 bits per heavy atom. The minimum absolute atomic E-state index is 0.135. The number of anilines is 1. The zero-order valence-electron chi connectivity index (χ0n) is 21.9. The Hall–Kier alpha value is -5.44. The van der Waals surface area contributed by atoms with Crippen molar-refractivity contribution in [2.75, 3.05) is 5.32 Å². The number of carbonyl (C=O) groups is 3. The second-order valence-electron chi connectivity index (χ2n) is 10.6. The standard InChI is InChI=1S/C33H22FN3O5/c34-22-13-9-21(10-14-22)30(39)28-27(29(38)20-11-15-23(16-12-20)37(41)42)33(25-7-3-4-8-26(25)35-32(33)40)31-24-6-2-1-5-19(24)17-18-36(28)31/h1-18,27-28,31H,(H,35,40)/t27-,28+,31+,33+/m1/s1. The van der Waals surface area contributed by atoms with Crippen molar-refractivity contribution in [2.45, 2.75) is 17.5 Å². The van der Waals surface area contributed by atoms with Gasteiger partial charge < -0.3 is 10.2 Å². The van der Waals surface area contributed by atoms with Gasteiger partial charge in [0, 0.05) is 35.1 Å². The summed E-state index contributed by atoms with van der Waals surface area (Å²) in [4.78, 5) is 56.0. The molecule has 9 heteroatoms. The number of fused-ring (bicyclic) bond motifs is 6. The molecule has 1 spiro atoms. The molecule has 1 N–H and O–H groups in total. The maximum Gasteiger partial charge on any atom is 0.269 e. The van der Waals surface area contributed by atoms with Gasteiger partial charge in [0.05, 0.1) is 16.9 Å². The molecule has 8 nitrogen and oxygen atoms in total. The van der Waals surface area contributed by atoms with E-state index in [2.05, 4.69) is 5.32 Å². The van der Waals surface area contributed by atoms with E-state index in [0.29, 0.717) is 11.3 Å². The van der Waals surface area contributed by atoms with E-state index >= 15 is 0 Å². The van der Waals surface area contributed by atoms with Crippen LogP contribution in [0.2, 0.25) is 0 Å². The molecule has 1 saturated heterocycles. The van der Waals surface area contributed by atoms with Crippen LogP contribution in [0.4, 0.5) is 15.8 Å². The van der Waals surface area contributed by atoms with Crippen LogP contribution in [0.25, 0.3) is 6.08 Å². The molecule has 3 heterocycles. The fraction of sp³-hybridized carbons (Fsp3) is 0.121. The fourth-order valence-corrected chi connectivity index (χ4v) is 6.88. The van der Waals surface area contributed by atoms with E-state index < -0.39 is 51.6 Å². The van der Waals surface area contributed by atoms with Crippen molar-refractivity contribution in [3.63, 3.8) is 0 Å². The summed E-state index contributed by atoms with van der Waals surface area (Å²) in [6.07, 6.45) is 3.60. The van der Waals surface area contributed by atoms with Gasteiger partial charge in [-0.1, -0.05) is 42.5 Å². The van der Waals surface area contributed by atoms with Crippen molar-refractivity contribution >= 4 is 34.9 Å². The summed E-state index contributed by atoms with van der Waals surface area (Å²) in [7, 11) is 0. The van der Waals surface area contributed by atoms with Gasteiger partial charge in [0.1, 0.15) is 17.3 Å². The highest BCUT2D eigenvalue weighted by Gasteiger charge is 2.70. The van der Waals surface area contributed by atoms with Gasteiger partial charge >= 0.3 is 0 Å². The lowest BCUT2D eigenvalue weighted by atomic mass is 9.62. The average molecular weight is 560 g/mol. The Bertz CT molecular complexity index is 1840. The molecule has 0 bridgehead atoms. The van der Waals surface area contributed by atoms with Crippen molar-refractivity contribution < 1.29 is 23.7 Å². The zero-order chi connectivity index (χ0) is 29.2. The molecule has 1 amide bonds. The van der Waals surface area contributed by atoms with Crippen LogP contribution in [0, 0.1) is 21.8 Å². The second-order valence-corrected chi connectivity index (χ2v) is 10.6. The minimum atomic E-state index is -1.53. The summed E-state index contributed by atoms with van der Waals surface area (Å²) < 4.78 is 13.8. The van der Waals surface area contributed by atoms with Crippen LogP contribution in [-0.4, -0.2) is 33.3 Å². The Morgan fingerprint density at radius 1 is 0.857 bits per heavy atom. The molecule has 1 fully saturated rings. The summed E-state index contributed by atoms with van der Waals surface area (Å²) in [6, 6.07) is 23.1. The van der Waals surface area contributed by atoms with E-state index in [4.69, 9.17) is 0 Å². The van der Waals surface area contributed by atoms with E-state index in [9.17, 15) is 28.9 Å². The van der Waals surface area contributed by atoms with Crippen molar-refractivity contribution in [3.05, 3.63) is 147 Å². The Labute approximate surface area is 239 Å². The third-order valence-electron chi connectivity index (χ3n) is 8.61. The summed E-state index contributed by atoms with van der Waals surface area (Å²) in [5.41, 5.74) is 1.38. The molecule has 0 unspecified atom stereocenters. The normalized spacial score (nSPS) is 23.2. The van der Waals surface area contributed by atoms with Gasteiger partial charge in [0.15, 0.2) is 11.6 Å². The number of carbonyl (C=O) groups excluding carboxylic acids is 3. The highest BCUT2D eigenvalue weighted by Crippen LogP contribution is 2.62. The van der Waals surface area contributed by atoms with Crippen LogP contribution >= 0.6 is 0 Å². The molecular weight excluding hydrogens is 537 g/mol. The highest BCUT2D eigenvalue weighted by molar-refractivity contribution is 6.16. The SMILES string of the molecule is O=C(c1ccc(F)cc1)[C@@H]1[C@H](C(=O)c2ccc([N+](=O)[O-])cc2)[C@]2(C(=O)Nc3ccccc32)[C@@H]2c3ccccc3C=CN12. The van der Waals surface area contributed by atoms with Crippen LogP contribution in [0.15, 0.2) is 103 Å². The number of nitro benzene ring substituents is 1. The van der Waals surface area contributed by atoms with E-state index in [1.165, 1.54) is 48.5 Å². The summed E-state index contributed by atoms with van der Waals surface area (Å²) in [6.45, 7) is 0. The van der Waals surface area contributed by atoms with Gasteiger partial charge in [-0.3, -0.25) is 24.5 Å². The first-order valence-corrected chi connectivity index (χ1v) is 13.4. The number of Topliss-reactive ketones (excluding diaryl/α,β-unsaturated/α-hetero) is 2. The van der Waals surface area contributed by atoms with Crippen molar-refractivity contribution in [1.29, 1.82) is 0 Å². The molecule has 0 radical (unpaired) electrons. The van der Waals surface area contributed by atoms with Crippen molar-refractivity contribution in [3.8, 4) is 0 Å². The Kier molecular flexibility index (Phi) is 5.65. The highest BCUT2D eigenvalue weighted by atomic mass is 19.1. The smallest absolute Gasteiger partial charge is 0.269 e. The number of halogens is 1. The van der Waals surface area contributed by atoms with Gasteiger partial charge in [-0.15, -0.1) is 0 Å². The van der Waals surface area contributed by atoms with Crippen LogP contribution < -0.4 is 5.32 Å². The van der Waals surface area contributed by atoms with E-state index in [-0.39, 0.29) is 16.8 Å². The maximum absolute atomic E-state index is 14.7. The molecule has 4 aromatic rings. The van der Waals surface area contributed by atoms with E-state index in [0.717, 1.165) is 11.1 Å². The first-order chi connectivity index (χ1) is 20.3. The lowest BCUT2D eigenvalue weighted by Gasteiger charge is -2.38. The number of nitrogens with zero attached hydrogens (tertiary/aromatic N) is 2. The van der Waals surface area contributed by atoms with Crippen LogP contribution in [-0.2, 0) is 10.2 Å². The van der Waals surface area contributed by atoms with Gasteiger partial charge in [-0.25, -0.2) is 4.39 Å². The quantitative estimate of drug-likeness (QED) is 0.190. The first-order valence-electron chi connectivity index (χ1n) is 13.4. The summed E-state index contributed by atoms with van der Waals surface area (Å²) in [5, 5.41) is 14.3. The number of benzene rings is 4. The monoisotopic (exact) mass is 559 g/mol. The summed E-state index contributed by atoms with van der Waals surface area (Å²) in [5.74, 6) is -3.11. The molecular formula is C33H22FN3O5. The predicted octanol–water partition coefficient (Wildman–Crippen LogP) is 5.72. The molecule has 0 aromatic heterocycles. The van der Waals surface area contributed by atoms with Gasteiger partial charge in [-0.2, -0.15) is 0 Å². The number of nitro groups is 1. The lowest BCUT2D eigenvalue weighted by molar-refractivity contribution is -0.384. The zero-order valence-corrected chi connectivity index (χ0v) is 21.9. The topological polar surface area (TPSA) is 110 Å². The summed E-state index contributed by atoms with van der Waals surface area (Å²) >= 11 is 0. The van der Waals surface area contributed by atoms with Crippen molar-refractivity contribution in [1.82, 2.24) is 4.90 Å². The number of ketones is 2. The molecule has 0 saturated carbocycles. The third-order valence-corrected chi connectivity index (χ3v) is 8.61. The number of nitrogens with one attached hydrogen (secondary N) is 1. The van der Waals surface area contributed by atoms with Gasteiger partial charge in [0.25, 0.3) is 5.69 Å². The molecule has 3 aliphatic heterocycles. The minimum Gasteiger partial charge on any atom is -0.358 e. The Balaban J connectivity index is 1.51. The first kappa shape index (κ1) is 25.5. The number of amides is 1. The number of rotatable bonds is 5. The lowest BCUT2D eigenvalue weighted by Crippen LogP contribution is -2.49. The molecule has 4 aromatic carbocycles. The predicted molar refractivity (Wildman–Crippen MR) is 152 cm³/mol. The second kappa shape index (κ2) is 9.31. The third kappa shape index (κ3) is 3.49. The van der Waals surface area contributed by atoms with Gasteiger partial charge in [-0.05, 0) is 65.2 Å². The molecule has 206 valence electrons. The Morgan fingerprint density at radius 3 is 2.24 bits per heavy atom. The number of hydrogen-bond donors (Lipinski definition) is 1. The number of para-hydroxylation sites is 1. The van der Waals surface area contributed by atoms with Crippen LogP contribution in [0.5, 0.6) is 0 Å². The van der Waals surface area contributed by atoms with E-state index in [1.54, 1.807) is 35.4 Å². The number of hydrogen-bond acceptors (Lipinski definition) is 6. The van der Waals surface area contributed by atoms with E-state index in [1.807, 2.05) is 30.3 Å². The molecule has 3 aliphatic rings. The van der Waals surface area contributed by atoms with Crippen molar-refractivity contribution in [2.24, 2.45) is 5.92 Å². The van der Waals surface area contributed by atoms with Crippen LogP contribution in [0.3, 0.4) is 0 Å². The largest absolute Gasteiger partial charge is 0.358 e. The average Bonchev–Trinajstić information content (AvgIpc) is 3.49. The number of non-ortho nitro benzene ring substituents is 1. The molecule has 0 aliphatic carbocycles. The van der Waals surface area contributed by atoms with Crippen LogP contribution in [0.1, 0.15) is 43.4 Å². The molecule has 4 atom stereocenters. The molecule has 42 heavy (non-hydrogen) atoms.